The first-order chi connectivity index (χ1) is 5.92. The van der Waals surface area contributed by atoms with Gasteiger partial charge in [-0.2, -0.15) is 30.7 Å². The van der Waals surface area contributed by atoms with Crippen LogP contribution < -0.4 is 0 Å². The minimum absolute atomic E-state index is 1.30. The Morgan fingerprint density at radius 3 is 1.50 bits per heavy atom. The maximum Gasteiger partial charge on any atom is 0.458 e. The van der Waals surface area contributed by atoms with Crippen LogP contribution in [-0.2, 0) is 0 Å². The molecule has 0 aromatic rings. The average molecular weight is 248 g/mol. The Bertz CT molecular complexity index is 235. The summed E-state index contributed by atoms with van der Waals surface area (Å²) in [4.78, 5) is 0. The Labute approximate surface area is 77.1 Å². The molecule has 0 aromatic heterocycles. The van der Waals surface area contributed by atoms with E-state index in [0.29, 0.717) is 0 Å². The third kappa shape index (κ3) is 2.49. The second-order valence-corrected chi connectivity index (χ2v) is 2.68. The van der Waals surface area contributed by atoms with E-state index in [1.165, 1.54) is 0 Å². The van der Waals surface area contributed by atoms with Crippen molar-refractivity contribution in [1.29, 1.82) is 0 Å². The summed E-state index contributed by atoms with van der Waals surface area (Å²) in [6.45, 7) is 0. The van der Waals surface area contributed by atoms with Crippen LogP contribution in [0.2, 0.25) is 0 Å². The lowest BCUT2D eigenvalue weighted by molar-refractivity contribution is -0.304. The molecule has 0 heterocycles. The smallest absolute Gasteiger partial charge is 0.214 e. The molecule has 0 saturated heterocycles. The Balaban J connectivity index is 5.18. The van der Waals surface area contributed by atoms with Gasteiger partial charge in [-0.1, -0.05) is 11.6 Å². The summed E-state index contributed by atoms with van der Waals surface area (Å²) >= 11 is 4.01. The van der Waals surface area contributed by atoms with Gasteiger partial charge in [0.05, 0.1) is 0 Å². The van der Waals surface area contributed by atoms with Gasteiger partial charge < -0.3 is 0 Å². The third-order valence-electron chi connectivity index (χ3n) is 1.07. The molecule has 9 heteroatoms. The van der Waals surface area contributed by atoms with Crippen molar-refractivity contribution in [1.82, 2.24) is 0 Å². The van der Waals surface area contributed by atoms with Crippen molar-refractivity contribution in [3.8, 4) is 0 Å². The molecule has 0 saturated carbocycles. The molecule has 1 unspecified atom stereocenters. The fourth-order valence-electron chi connectivity index (χ4n) is 0.417. The lowest BCUT2D eigenvalue weighted by Gasteiger charge is -2.26. The van der Waals surface area contributed by atoms with Crippen molar-refractivity contribution in [3.63, 3.8) is 0 Å². The summed E-state index contributed by atoms with van der Waals surface area (Å²) in [5, 5.41) is -5.00. The molecular formula is C5HClF8. The molecule has 0 aliphatic heterocycles. The molecule has 0 nitrogen and oxygen atoms in total. The van der Waals surface area contributed by atoms with Crippen LogP contribution >= 0.6 is 11.6 Å². The van der Waals surface area contributed by atoms with Crippen LogP contribution in [0, 0.1) is 0 Å². The number of halogens is 9. The van der Waals surface area contributed by atoms with Gasteiger partial charge >= 0.3 is 12.1 Å². The van der Waals surface area contributed by atoms with Gasteiger partial charge in [-0.25, -0.2) is 4.39 Å². The van der Waals surface area contributed by atoms with Crippen LogP contribution in [0.4, 0.5) is 35.1 Å². The first kappa shape index (κ1) is 13.5. The lowest BCUT2D eigenvalue weighted by atomic mass is 10.2. The van der Waals surface area contributed by atoms with Crippen LogP contribution in [0.15, 0.2) is 12.2 Å². The van der Waals surface area contributed by atoms with Gasteiger partial charge in [0.25, 0.3) is 11.2 Å². The highest BCUT2D eigenvalue weighted by atomic mass is 35.5. The van der Waals surface area contributed by atoms with E-state index in [2.05, 4.69) is 11.6 Å². The molecule has 0 N–H and O–H groups in total. The highest BCUT2D eigenvalue weighted by Crippen LogP contribution is 2.48. The molecule has 0 aromatic carbocycles. The molecule has 84 valence electrons. The predicted octanol–water partition coefficient (Wildman–Crippen LogP) is 3.87. The molecule has 0 radical (unpaired) electrons. The topological polar surface area (TPSA) is 0 Å². The van der Waals surface area contributed by atoms with Crippen LogP contribution in [0.1, 0.15) is 0 Å². The molecule has 0 bridgehead atoms. The molecule has 1 atom stereocenters. The highest BCUT2D eigenvalue weighted by Gasteiger charge is 2.70. The van der Waals surface area contributed by atoms with E-state index in [1.54, 1.807) is 0 Å². The van der Waals surface area contributed by atoms with Gasteiger partial charge in [-0.15, -0.1) is 0 Å². The SMILES string of the molecule is FC(F)=CC(F)(Cl)C(F)(F)C(F)(F)F. The predicted molar refractivity (Wildman–Crippen MR) is 31.0 cm³/mol. The summed E-state index contributed by atoms with van der Waals surface area (Å²) in [6, 6.07) is 0. The third-order valence-corrected chi connectivity index (χ3v) is 1.41. The number of alkyl halides is 7. The molecule has 0 rings (SSSR count). The maximum atomic E-state index is 12.4. The zero-order chi connectivity index (χ0) is 11.8. The normalized spacial score (nSPS) is 17.5. The Morgan fingerprint density at radius 2 is 1.29 bits per heavy atom. The number of allylic oxidation sites excluding steroid dienone is 1. The minimum Gasteiger partial charge on any atom is -0.214 e. The zero-order valence-electron chi connectivity index (χ0n) is 5.98. The Morgan fingerprint density at radius 1 is 0.929 bits per heavy atom. The molecule has 0 aliphatic carbocycles. The summed E-state index contributed by atoms with van der Waals surface area (Å²) in [6.07, 6.45) is -10.7. The van der Waals surface area contributed by atoms with E-state index < -0.39 is 29.4 Å². The van der Waals surface area contributed by atoms with Gasteiger partial charge in [0.1, 0.15) is 0 Å². The monoisotopic (exact) mass is 248 g/mol. The quantitative estimate of drug-likeness (QED) is 0.514. The van der Waals surface area contributed by atoms with E-state index >= 15 is 0 Å². The lowest BCUT2D eigenvalue weighted by Crippen LogP contribution is -2.50. The van der Waals surface area contributed by atoms with Crippen LogP contribution in [-0.4, -0.2) is 17.2 Å². The van der Waals surface area contributed by atoms with Gasteiger partial charge in [-0.05, 0) is 0 Å². The number of hydrogen-bond acceptors (Lipinski definition) is 0. The second kappa shape index (κ2) is 3.56. The summed E-state index contributed by atoms with van der Waals surface area (Å²) < 4.78 is 93.3. The molecular weight excluding hydrogens is 247 g/mol. The number of hydrogen-bond donors (Lipinski definition) is 0. The molecule has 0 fully saturated rings. The van der Waals surface area contributed by atoms with E-state index in [-0.39, 0.29) is 0 Å². The Kier molecular flexibility index (Phi) is 3.42. The molecule has 0 aliphatic rings. The largest absolute Gasteiger partial charge is 0.458 e. The summed E-state index contributed by atoms with van der Waals surface area (Å²) in [7, 11) is 0. The standard InChI is InChI=1S/C5HClF8/c6-3(9,1-2(7)8)4(10,11)5(12,13)14/h1H. The van der Waals surface area contributed by atoms with Gasteiger partial charge in [-0.3, -0.25) is 0 Å². The van der Waals surface area contributed by atoms with Crippen LogP contribution in [0.25, 0.3) is 0 Å². The van der Waals surface area contributed by atoms with Crippen LogP contribution in [0.3, 0.4) is 0 Å². The average Bonchev–Trinajstić information content (AvgIpc) is 1.80. The summed E-state index contributed by atoms with van der Waals surface area (Å²) in [5.74, 6) is -6.09. The minimum atomic E-state index is -6.35. The fourth-order valence-corrected chi connectivity index (χ4v) is 0.606. The highest BCUT2D eigenvalue weighted by molar-refractivity contribution is 6.24. The van der Waals surface area contributed by atoms with Crippen molar-refractivity contribution in [2.45, 2.75) is 17.2 Å². The molecule has 14 heavy (non-hydrogen) atoms. The summed E-state index contributed by atoms with van der Waals surface area (Å²) in [5.41, 5.74) is 0. The van der Waals surface area contributed by atoms with Crippen molar-refractivity contribution in [3.05, 3.63) is 12.2 Å². The van der Waals surface area contributed by atoms with Crippen molar-refractivity contribution < 1.29 is 35.1 Å². The number of rotatable bonds is 2. The zero-order valence-corrected chi connectivity index (χ0v) is 6.73. The van der Waals surface area contributed by atoms with Crippen LogP contribution in [0.5, 0.6) is 0 Å². The van der Waals surface area contributed by atoms with E-state index in [0.717, 1.165) is 0 Å². The van der Waals surface area contributed by atoms with E-state index in [1.807, 2.05) is 0 Å². The van der Waals surface area contributed by atoms with Gasteiger partial charge in [0, 0.05) is 6.08 Å². The fraction of sp³-hybridized carbons (Fsp3) is 0.600. The second-order valence-electron chi connectivity index (χ2n) is 2.13. The maximum absolute atomic E-state index is 12.4. The first-order valence-corrected chi connectivity index (χ1v) is 3.16. The van der Waals surface area contributed by atoms with Gasteiger partial charge in [0.2, 0.25) is 0 Å². The van der Waals surface area contributed by atoms with Crippen molar-refractivity contribution in [2.24, 2.45) is 0 Å². The van der Waals surface area contributed by atoms with E-state index in [4.69, 9.17) is 0 Å². The van der Waals surface area contributed by atoms with Crippen molar-refractivity contribution >= 4 is 11.6 Å². The Hall–Kier alpha value is -0.530. The van der Waals surface area contributed by atoms with Crippen molar-refractivity contribution in [2.75, 3.05) is 0 Å². The molecule has 0 spiro atoms. The van der Waals surface area contributed by atoms with Gasteiger partial charge in [0.15, 0.2) is 0 Å². The molecule has 0 amide bonds. The van der Waals surface area contributed by atoms with E-state index in [9.17, 15) is 35.1 Å². The first-order valence-electron chi connectivity index (χ1n) is 2.78.